The average molecular weight is 384 g/mol. The van der Waals surface area contributed by atoms with E-state index in [9.17, 15) is 18.4 Å². The molecule has 2 atom stereocenters. The third-order valence-corrected chi connectivity index (χ3v) is 4.51. The zero-order chi connectivity index (χ0) is 19.4. The fraction of sp³-hybridized carbons (Fsp3) is 0.529. The Morgan fingerprint density at radius 2 is 2.11 bits per heavy atom. The molecule has 0 bridgehead atoms. The third kappa shape index (κ3) is 4.71. The molecular formula is C17H22F2N4O4. The standard InChI is InChI=1S/C17H22F2N4O4/c1-26-17-10(18)2-3-11(16(17)19)20-14(24)8-12-21-13(9-15(25)22-12)23-4-6-27-7-5-23/h2-3,12-13,21H,4-9H2,1H3,(H,20,24)(H,22,25). The van der Waals surface area contributed by atoms with Crippen LogP contribution in [0, 0.1) is 11.6 Å². The number of hydrogen-bond acceptors (Lipinski definition) is 6. The summed E-state index contributed by atoms with van der Waals surface area (Å²) in [6.45, 7) is 2.59. The Labute approximate surface area is 155 Å². The van der Waals surface area contributed by atoms with Gasteiger partial charge in [0.25, 0.3) is 0 Å². The molecule has 2 saturated heterocycles. The summed E-state index contributed by atoms with van der Waals surface area (Å²) >= 11 is 0. The minimum absolute atomic E-state index is 0.105. The van der Waals surface area contributed by atoms with Crippen LogP contribution in [0.2, 0.25) is 0 Å². The molecule has 2 amide bonds. The lowest BCUT2D eigenvalue weighted by Crippen LogP contribution is -2.63. The van der Waals surface area contributed by atoms with Crippen LogP contribution in [0.15, 0.2) is 12.1 Å². The highest BCUT2D eigenvalue weighted by Gasteiger charge is 2.31. The number of morpholine rings is 1. The highest BCUT2D eigenvalue weighted by atomic mass is 19.1. The first-order valence-corrected chi connectivity index (χ1v) is 8.67. The lowest BCUT2D eigenvalue weighted by atomic mass is 10.1. The van der Waals surface area contributed by atoms with Gasteiger partial charge in [-0.3, -0.25) is 19.8 Å². The second-order valence-electron chi connectivity index (χ2n) is 6.35. The predicted octanol–water partition coefficient (Wildman–Crippen LogP) is 0.396. The quantitative estimate of drug-likeness (QED) is 0.681. The van der Waals surface area contributed by atoms with Gasteiger partial charge < -0.3 is 20.1 Å². The van der Waals surface area contributed by atoms with Gasteiger partial charge in [0, 0.05) is 13.1 Å². The van der Waals surface area contributed by atoms with Gasteiger partial charge in [-0.25, -0.2) is 8.78 Å². The Kier molecular flexibility index (Phi) is 6.19. The maximum absolute atomic E-state index is 14.2. The van der Waals surface area contributed by atoms with Gasteiger partial charge in [0.05, 0.1) is 51.2 Å². The normalized spacial score (nSPS) is 23.6. The summed E-state index contributed by atoms with van der Waals surface area (Å²) in [5, 5.41) is 8.30. The number of carbonyl (C=O) groups is 2. The van der Waals surface area contributed by atoms with E-state index in [0.29, 0.717) is 26.3 Å². The lowest BCUT2D eigenvalue weighted by Gasteiger charge is -2.40. The number of rotatable bonds is 5. The largest absolute Gasteiger partial charge is 0.491 e. The van der Waals surface area contributed by atoms with Gasteiger partial charge in [-0.2, -0.15) is 0 Å². The zero-order valence-electron chi connectivity index (χ0n) is 14.9. The first-order chi connectivity index (χ1) is 13.0. The van der Waals surface area contributed by atoms with Crippen LogP contribution in [0.25, 0.3) is 0 Å². The summed E-state index contributed by atoms with van der Waals surface area (Å²) < 4.78 is 37.6. The van der Waals surface area contributed by atoms with Crippen molar-refractivity contribution in [2.75, 3.05) is 38.7 Å². The summed E-state index contributed by atoms with van der Waals surface area (Å²) in [6, 6.07) is 2.13. The molecule has 2 fully saturated rings. The Morgan fingerprint density at radius 1 is 1.37 bits per heavy atom. The van der Waals surface area contributed by atoms with E-state index < -0.39 is 29.5 Å². The van der Waals surface area contributed by atoms with E-state index in [1.807, 2.05) is 0 Å². The minimum atomic E-state index is -0.988. The molecule has 1 aromatic carbocycles. The Hall–Kier alpha value is -2.30. The highest BCUT2D eigenvalue weighted by Crippen LogP contribution is 2.27. The van der Waals surface area contributed by atoms with E-state index in [4.69, 9.17) is 4.74 Å². The first-order valence-electron chi connectivity index (χ1n) is 8.67. The molecule has 2 unspecified atom stereocenters. The molecule has 0 aromatic heterocycles. The average Bonchev–Trinajstić information content (AvgIpc) is 2.65. The van der Waals surface area contributed by atoms with Gasteiger partial charge in [-0.1, -0.05) is 0 Å². The van der Waals surface area contributed by atoms with Gasteiger partial charge in [0.2, 0.25) is 11.8 Å². The maximum Gasteiger partial charge on any atom is 0.227 e. The van der Waals surface area contributed by atoms with Crippen LogP contribution in [0.4, 0.5) is 14.5 Å². The van der Waals surface area contributed by atoms with Crippen molar-refractivity contribution < 1.29 is 27.8 Å². The fourth-order valence-corrected chi connectivity index (χ4v) is 3.20. The molecule has 1 aromatic rings. The van der Waals surface area contributed by atoms with Gasteiger partial charge in [0.15, 0.2) is 17.4 Å². The van der Waals surface area contributed by atoms with E-state index in [-0.39, 0.29) is 30.6 Å². The van der Waals surface area contributed by atoms with Gasteiger partial charge in [0.1, 0.15) is 0 Å². The Morgan fingerprint density at radius 3 is 2.81 bits per heavy atom. The number of halogens is 2. The molecule has 0 radical (unpaired) electrons. The van der Waals surface area contributed by atoms with Crippen molar-refractivity contribution in [3.05, 3.63) is 23.8 Å². The van der Waals surface area contributed by atoms with Crippen molar-refractivity contribution in [2.24, 2.45) is 0 Å². The molecule has 0 saturated carbocycles. The molecule has 0 spiro atoms. The van der Waals surface area contributed by atoms with Crippen molar-refractivity contribution in [1.82, 2.24) is 15.5 Å². The predicted molar refractivity (Wildman–Crippen MR) is 92.0 cm³/mol. The van der Waals surface area contributed by atoms with Crippen LogP contribution in [-0.4, -0.2) is 62.5 Å². The van der Waals surface area contributed by atoms with Crippen LogP contribution < -0.4 is 20.7 Å². The van der Waals surface area contributed by atoms with Crippen molar-refractivity contribution >= 4 is 17.5 Å². The first kappa shape index (κ1) is 19.5. The number of nitrogens with zero attached hydrogens (tertiary/aromatic N) is 1. The molecule has 8 nitrogen and oxygen atoms in total. The monoisotopic (exact) mass is 384 g/mol. The molecule has 10 heteroatoms. The van der Waals surface area contributed by atoms with Crippen molar-refractivity contribution in [3.63, 3.8) is 0 Å². The molecule has 2 aliphatic heterocycles. The number of hydrogen-bond donors (Lipinski definition) is 3. The minimum Gasteiger partial charge on any atom is -0.491 e. The van der Waals surface area contributed by atoms with E-state index in [1.54, 1.807) is 0 Å². The Balaban J connectivity index is 1.61. The van der Waals surface area contributed by atoms with E-state index in [0.717, 1.165) is 19.2 Å². The highest BCUT2D eigenvalue weighted by molar-refractivity contribution is 5.92. The molecule has 2 aliphatic rings. The molecule has 148 valence electrons. The number of anilines is 1. The number of ether oxygens (including phenoxy) is 2. The van der Waals surface area contributed by atoms with Crippen LogP contribution >= 0.6 is 0 Å². The summed E-state index contributed by atoms with van der Waals surface area (Å²) in [6.07, 6.45) is -0.610. The summed E-state index contributed by atoms with van der Waals surface area (Å²) in [7, 11) is 1.14. The number of nitrogens with one attached hydrogen (secondary N) is 3. The molecule has 0 aliphatic carbocycles. The molecular weight excluding hydrogens is 362 g/mol. The zero-order valence-corrected chi connectivity index (χ0v) is 14.9. The van der Waals surface area contributed by atoms with Gasteiger partial charge in [-0.05, 0) is 12.1 Å². The molecule has 3 rings (SSSR count). The van der Waals surface area contributed by atoms with Crippen molar-refractivity contribution in [3.8, 4) is 5.75 Å². The summed E-state index contributed by atoms with van der Waals surface area (Å²) in [5.41, 5.74) is -0.190. The fourth-order valence-electron chi connectivity index (χ4n) is 3.20. The number of methoxy groups -OCH3 is 1. The van der Waals surface area contributed by atoms with Gasteiger partial charge >= 0.3 is 0 Å². The lowest BCUT2D eigenvalue weighted by molar-refractivity contribution is -0.128. The van der Waals surface area contributed by atoms with Crippen LogP contribution in [-0.2, 0) is 14.3 Å². The third-order valence-electron chi connectivity index (χ3n) is 4.51. The number of benzene rings is 1. The van der Waals surface area contributed by atoms with Crippen LogP contribution in [0.5, 0.6) is 5.75 Å². The van der Waals surface area contributed by atoms with Crippen molar-refractivity contribution in [1.29, 1.82) is 0 Å². The number of amides is 2. The second kappa shape index (κ2) is 8.59. The molecule has 2 heterocycles. The van der Waals surface area contributed by atoms with E-state index >= 15 is 0 Å². The smallest absolute Gasteiger partial charge is 0.227 e. The second-order valence-corrected chi connectivity index (χ2v) is 6.35. The van der Waals surface area contributed by atoms with E-state index in [2.05, 4.69) is 25.6 Å². The number of carbonyl (C=O) groups excluding carboxylic acids is 2. The summed E-state index contributed by atoms with van der Waals surface area (Å²) in [5.74, 6) is -3.11. The topological polar surface area (TPSA) is 91.9 Å². The van der Waals surface area contributed by atoms with Crippen LogP contribution in [0.3, 0.4) is 0 Å². The Bertz CT molecular complexity index is 712. The maximum atomic E-state index is 14.2. The SMILES string of the molecule is COc1c(F)ccc(NC(=O)CC2NC(=O)CC(N3CCOCC3)N2)c1F. The van der Waals surface area contributed by atoms with Crippen LogP contribution in [0.1, 0.15) is 12.8 Å². The van der Waals surface area contributed by atoms with E-state index in [1.165, 1.54) is 0 Å². The van der Waals surface area contributed by atoms with Gasteiger partial charge in [-0.15, -0.1) is 0 Å². The molecule has 3 N–H and O–H groups in total. The molecule has 27 heavy (non-hydrogen) atoms. The summed E-state index contributed by atoms with van der Waals surface area (Å²) in [4.78, 5) is 26.3. The van der Waals surface area contributed by atoms with Crippen molar-refractivity contribution in [2.45, 2.75) is 25.2 Å².